The molecule has 2 aromatic heterocycles. The van der Waals surface area contributed by atoms with E-state index in [0.717, 1.165) is 26.1 Å². The van der Waals surface area contributed by atoms with Crippen LogP contribution in [0.15, 0.2) is 59.8 Å². The Bertz CT molecular complexity index is 957. The number of hydrogen-bond acceptors (Lipinski definition) is 6. The third-order valence-corrected chi connectivity index (χ3v) is 4.82. The quantitative estimate of drug-likeness (QED) is 0.753. The Kier molecular flexibility index (Phi) is 4.93. The molecule has 1 aromatic carbocycles. The second kappa shape index (κ2) is 7.67. The van der Waals surface area contributed by atoms with Crippen molar-refractivity contribution < 1.29 is 0 Å². The molecular weight excluding hydrogens is 340 g/mol. The summed E-state index contributed by atoms with van der Waals surface area (Å²) in [5, 5.41) is 3.57. The molecule has 0 aliphatic carbocycles. The summed E-state index contributed by atoms with van der Waals surface area (Å²) in [7, 11) is 1.77. The number of benzene rings is 1. The Morgan fingerprint density at radius 2 is 2.04 bits per heavy atom. The first kappa shape index (κ1) is 17.4. The van der Waals surface area contributed by atoms with E-state index in [-0.39, 0.29) is 5.56 Å². The van der Waals surface area contributed by atoms with Gasteiger partial charge in [-0.3, -0.25) is 9.36 Å². The third kappa shape index (κ3) is 3.88. The maximum absolute atomic E-state index is 12.5. The minimum Gasteiger partial charge on any atom is -0.339 e. The molecule has 0 amide bonds. The fourth-order valence-corrected chi connectivity index (χ4v) is 3.43. The average molecular weight is 362 g/mol. The van der Waals surface area contributed by atoms with Gasteiger partial charge < -0.3 is 10.2 Å². The number of nitrogens with one attached hydrogen (secondary N) is 1. The van der Waals surface area contributed by atoms with E-state index in [1.54, 1.807) is 23.9 Å². The van der Waals surface area contributed by atoms with Crippen molar-refractivity contribution in [3.05, 3.63) is 70.9 Å². The summed E-state index contributed by atoms with van der Waals surface area (Å²) in [5.41, 5.74) is 2.44. The number of aromatic nitrogens is 4. The van der Waals surface area contributed by atoms with Crippen molar-refractivity contribution in [3.8, 4) is 11.4 Å². The lowest BCUT2D eigenvalue weighted by atomic mass is 10.0. The van der Waals surface area contributed by atoms with Crippen LogP contribution in [0.3, 0.4) is 0 Å². The average Bonchev–Trinajstić information content (AvgIpc) is 2.71. The molecule has 0 saturated carbocycles. The summed E-state index contributed by atoms with van der Waals surface area (Å²) in [5.74, 6) is 0.677. The van der Waals surface area contributed by atoms with Gasteiger partial charge in [0.1, 0.15) is 6.33 Å². The highest BCUT2D eigenvalue weighted by Crippen LogP contribution is 2.18. The van der Waals surface area contributed by atoms with Crippen LogP contribution in [0.4, 0.5) is 5.95 Å². The SMILES string of the molecule is Cn1c(N2CCNC(Cc3ccccc3)C2)nc(-c2ccncn2)cc1=O. The van der Waals surface area contributed by atoms with Crippen molar-refractivity contribution >= 4 is 5.95 Å². The fourth-order valence-electron chi connectivity index (χ4n) is 3.43. The molecule has 4 rings (SSSR count). The van der Waals surface area contributed by atoms with Crippen LogP contribution < -0.4 is 15.8 Å². The van der Waals surface area contributed by atoms with Crippen LogP contribution in [0.1, 0.15) is 5.56 Å². The minimum atomic E-state index is -0.0910. The van der Waals surface area contributed by atoms with E-state index >= 15 is 0 Å². The Labute approximate surface area is 157 Å². The van der Waals surface area contributed by atoms with Crippen LogP contribution in [0, 0.1) is 0 Å². The number of piperazine rings is 1. The molecule has 0 bridgehead atoms. The minimum absolute atomic E-state index is 0.0910. The molecule has 1 atom stereocenters. The lowest BCUT2D eigenvalue weighted by Gasteiger charge is -2.35. The highest BCUT2D eigenvalue weighted by molar-refractivity contribution is 5.55. The number of anilines is 1. The van der Waals surface area contributed by atoms with Gasteiger partial charge in [0.25, 0.3) is 5.56 Å². The Hall–Kier alpha value is -3.06. The Balaban J connectivity index is 1.60. The topological polar surface area (TPSA) is 75.9 Å². The summed E-state index contributed by atoms with van der Waals surface area (Å²) in [6.45, 7) is 2.45. The molecule has 1 fully saturated rings. The molecule has 0 radical (unpaired) electrons. The zero-order chi connectivity index (χ0) is 18.6. The Morgan fingerprint density at radius 3 is 2.81 bits per heavy atom. The lowest BCUT2D eigenvalue weighted by molar-refractivity contribution is 0.446. The van der Waals surface area contributed by atoms with Gasteiger partial charge in [0.2, 0.25) is 5.95 Å². The van der Waals surface area contributed by atoms with Gasteiger partial charge in [-0.1, -0.05) is 30.3 Å². The highest BCUT2D eigenvalue weighted by atomic mass is 16.1. The summed E-state index contributed by atoms with van der Waals surface area (Å²) < 4.78 is 1.61. The van der Waals surface area contributed by atoms with Gasteiger partial charge in [0, 0.05) is 45.0 Å². The van der Waals surface area contributed by atoms with Gasteiger partial charge in [0.15, 0.2) is 0 Å². The molecule has 1 N–H and O–H groups in total. The summed E-state index contributed by atoms with van der Waals surface area (Å²) >= 11 is 0. The first-order valence-electron chi connectivity index (χ1n) is 9.07. The molecule has 3 heterocycles. The van der Waals surface area contributed by atoms with Crippen molar-refractivity contribution in [2.24, 2.45) is 7.05 Å². The van der Waals surface area contributed by atoms with Gasteiger partial charge in [-0.15, -0.1) is 0 Å². The third-order valence-electron chi connectivity index (χ3n) is 4.82. The van der Waals surface area contributed by atoms with Crippen LogP contribution in [-0.4, -0.2) is 45.2 Å². The van der Waals surface area contributed by atoms with E-state index in [1.807, 2.05) is 6.07 Å². The standard InChI is InChI=1S/C20H22N6O/c1-25-19(27)12-18(17-7-8-21-14-23-17)24-20(25)26-10-9-22-16(13-26)11-15-5-3-2-4-6-15/h2-8,12,14,16,22H,9-11,13H2,1H3. The van der Waals surface area contributed by atoms with E-state index in [9.17, 15) is 4.79 Å². The lowest BCUT2D eigenvalue weighted by Crippen LogP contribution is -2.53. The van der Waals surface area contributed by atoms with Crippen molar-refractivity contribution in [2.75, 3.05) is 24.5 Å². The second-order valence-corrected chi connectivity index (χ2v) is 6.72. The molecule has 7 nitrogen and oxygen atoms in total. The maximum atomic E-state index is 12.5. The fraction of sp³-hybridized carbons (Fsp3) is 0.300. The van der Waals surface area contributed by atoms with Crippen molar-refractivity contribution in [1.29, 1.82) is 0 Å². The van der Waals surface area contributed by atoms with Crippen LogP contribution in [0.25, 0.3) is 11.4 Å². The molecule has 138 valence electrons. The van der Waals surface area contributed by atoms with Crippen LogP contribution in [0.2, 0.25) is 0 Å². The molecular formula is C20H22N6O. The molecule has 1 saturated heterocycles. The van der Waals surface area contributed by atoms with Crippen LogP contribution >= 0.6 is 0 Å². The van der Waals surface area contributed by atoms with Gasteiger partial charge in [0.05, 0.1) is 11.4 Å². The molecule has 1 aliphatic rings. The molecule has 1 aliphatic heterocycles. The smallest absolute Gasteiger partial charge is 0.255 e. The van der Waals surface area contributed by atoms with Crippen LogP contribution in [0.5, 0.6) is 0 Å². The molecule has 7 heteroatoms. The molecule has 1 unspecified atom stereocenters. The zero-order valence-electron chi connectivity index (χ0n) is 15.2. The van der Waals surface area contributed by atoms with Gasteiger partial charge in [-0.25, -0.2) is 15.0 Å². The summed E-state index contributed by atoms with van der Waals surface area (Å²) in [6.07, 6.45) is 4.06. The van der Waals surface area contributed by atoms with E-state index in [2.05, 4.69) is 44.5 Å². The first-order chi connectivity index (χ1) is 13.2. The number of hydrogen-bond donors (Lipinski definition) is 1. The predicted octanol–water partition coefficient (Wildman–Crippen LogP) is 1.26. The monoisotopic (exact) mass is 362 g/mol. The maximum Gasteiger partial charge on any atom is 0.255 e. The van der Waals surface area contributed by atoms with Crippen molar-refractivity contribution in [2.45, 2.75) is 12.5 Å². The largest absolute Gasteiger partial charge is 0.339 e. The summed E-state index contributed by atoms with van der Waals surface area (Å²) in [6, 6.07) is 14.0. The highest BCUT2D eigenvalue weighted by Gasteiger charge is 2.23. The first-order valence-corrected chi connectivity index (χ1v) is 9.07. The van der Waals surface area contributed by atoms with Gasteiger partial charge in [-0.05, 0) is 18.1 Å². The predicted molar refractivity (Wildman–Crippen MR) is 105 cm³/mol. The van der Waals surface area contributed by atoms with E-state index in [0.29, 0.717) is 23.4 Å². The van der Waals surface area contributed by atoms with Crippen molar-refractivity contribution in [1.82, 2.24) is 24.8 Å². The number of rotatable bonds is 4. The number of nitrogens with zero attached hydrogens (tertiary/aromatic N) is 5. The summed E-state index contributed by atoms with van der Waals surface area (Å²) in [4.78, 5) is 27.6. The van der Waals surface area contributed by atoms with Crippen LogP contribution in [-0.2, 0) is 13.5 Å². The van der Waals surface area contributed by atoms with Gasteiger partial charge in [-0.2, -0.15) is 0 Å². The second-order valence-electron chi connectivity index (χ2n) is 6.72. The van der Waals surface area contributed by atoms with Crippen molar-refractivity contribution in [3.63, 3.8) is 0 Å². The molecule has 3 aromatic rings. The zero-order valence-corrected chi connectivity index (χ0v) is 15.2. The van der Waals surface area contributed by atoms with E-state index in [4.69, 9.17) is 4.98 Å². The van der Waals surface area contributed by atoms with E-state index in [1.165, 1.54) is 18.0 Å². The Morgan fingerprint density at radius 1 is 1.19 bits per heavy atom. The van der Waals surface area contributed by atoms with E-state index < -0.39 is 0 Å². The normalized spacial score (nSPS) is 17.1. The molecule has 27 heavy (non-hydrogen) atoms. The molecule has 0 spiro atoms. The van der Waals surface area contributed by atoms with Gasteiger partial charge >= 0.3 is 0 Å².